The largest absolute Gasteiger partial charge is 0.402 e. The molecule has 3 nitrogen and oxygen atoms in total. The van der Waals surface area contributed by atoms with Gasteiger partial charge in [0.25, 0.3) is 0 Å². The highest BCUT2D eigenvalue weighted by molar-refractivity contribution is 6.33. The highest BCUT2D eigenvalue weighted by Gasteiger charge is 2.25. The predicted molar refractivity (Wildman–Crippen MR) is 92.2 cm³/mol. The van der Waals surface area contributed by atoms with Gasteiger partial charge in [0.15, 0.2) is 5.70 Å². The number of aliphatic imine (C=N–C) groups is 1. The molecule has 0 saturated heterocycles. The molecule has 2 aromatic rings. The molecule has 0 unspecified atom stereocenters. The summed E-state index contributed by atoms with van der Waals surface area (Å²) in [6.07, 6.45) is 3.28. The summed E-state index contributed by atoms with van der Waals surface area (Å²) in [6.45, 7) is 1.94. The van der Waals surface area contributed by atoms with Gasteiger partial charge in [0.05, 0.1) is 0 Å². The fourth-order valence-corrected chi connectivity index (χ4v) is 2.45. The maximum atomic E-state index is 12.0. The number of hydrogen-bond donors (Lipinski definition) is 0. The minimum Gasteiger partial charge on any atom is -0.402 e. The van der Waals surface area contributed by atoms with Crippen LogP contribution in [0.4, 0.5) is 0 Å². The average molecular weight is 324 g/mol. The van der Waals surface area contributed by atoms with E-state index in [-0.39, 0.29) is 5.70 Å². The molecule has 23 heavy (non-hydrogen) atoms. The van der Waals surface area contributed by atoms with Crippen molar-refractivity contribution >= 4 is 29.5 Å². The van der Waals surface area contributed by atoms with E-state index in [1.54, 1.807) is 6.08 Å². The topological polar surface area (TPSA) is 38.7 Å². The third-order valence-corrected chi connectivity index (χ3v) is 3.59. The van der Waals surface area contributed by atoms with Gasteiger partial charge >= 0.3 is 5.97 Å². The van der Waals surface area contributed by atoms with Gasteiger partial charge in [-0.1, -0.05) is 60.1 Å². The Morgan fingerprint density at radius 3 is 2.52 bits per heavy atom. The van der Waals surface area contributed by atoms with Crippen LogP contribution in [0.15, 0.2) is 76.4 Å². The first-order chi connectivity index (χ1) is 11.1. The lowest BCUT2D eigenvalue weighted by Gasteiger charge is -2.02. The van der Waals surface area contributed by atoms with Crippen LogP contribution < -0.4 is 0 Å². The number of hydrogen-bond acceptors (Lipinski definition) is 3. The van der Waals surface area contributed by atoms with E-state index in [2.05, 4.69) is 4.99 Å². The molecular formula is C19H14ClNO2. The van der Waals surface area contributed by atoms with Gasteiger partial charge in [0, 0.05) is 10.6 Å². The summed E-state index contributed by atoms with van der Waals surface area (Å²) in [5.41, 5.74) is 2.93. The Balaban J connectivity index is 1.89. The van der Waals surface area contributed by atoms with Crippen molar-refractivity contribution in [2.24, 2.45) is 4.99 Å². The molecule has 0 aliphatic carbocycles. The highest BCUT2D eigenvalue weighted by Crippen LogP contribution is 2.21. The summed E-state index contributed by atoms with van der Waals surface area (Å²) in [5, 5.41) is 0.415. The first-order valence-corrected chi connectivity index (χ1v) is 7.52. The maximum Gasteiger partial charge on any atom is 0.363 e. The molecule has 0 atom stereocenters. The SMILES string of the molecule is Cc1ccccc1C1=N/C(=C\C(Cl)=C\c2ccccc2)C(=O)O1. The number of ether oxygens (including phenoxy) is 1. The van der Waals surface area contributed by atoms with Crippen LogP contribution >= 0.6 is 11.6 Å². The second kappa shape index (κ2) is 6.63. The number of rotatable bonds is 3. The standard InChI is InChI=1S/C19H14ClNO2/c1-13-7-5-6-10-16(13)18-21-17(19(22)23-18)12-15(20)11-14-8-3-2-4-9-14/h2-12H,1H3/b15-11-,17-12-. The van der Waals surface area contributed by atoms with Gasteiger partial charge in [-0.15, -0.1) is 0 Å². The number of aryl methyl sites for hydroxylation is 1. The lowest BCUT2D eigenvalue weighted by Crippen LogP contribution is -2.06. The monoisotopic (exact) mass is 323 g/mol. The number of allylic oxidation sites excluding steroid dienone is 2. The van der Waals surface area contributed by atoms with E-state index in [9.17, 15) is 4.79 Å². The van der Waals surface area contributed by atoms with E-state index in [1.165, 1.54) is 6.08 Å². The van der Waals surface area contributed by atoms with Crippen LogP contribution in [0.5, 0.6) is 0 Å². The smallest absolute Gasteiger partial charge is 0.363 e. The van der Waals surface area contributed by atoms with Gasteiger partial charge in [-0.3, -0.25) is 0 Å². The Morgan fingerprint density at radius 2 is 1.78 bits per heavy atom. The van der Waals surface area contributed by atoms with E-state index >= 15 is 0 Å². The zero-order valence-corrected chi connectivity index (χ0v) is 13.2. The molecule has 1 aliphatic rings. The van der Waals surface area contributed by atoms with Crippen molar-refractivity contribution in [3.05, 3.63) is 88.1 Å². The zero-order chi connectivity index (χ0) is 16.2. The third-order valence-electron chi connectivity index (χ3n) is 3.37. The van der Waals surface area contributed by atoms with Gasteiger partial charge in [-0.25, -0.2) is 9.79 Å². The summed E-state index contributed by atoms with van der Waals surface area (Å²) in [5.74, 6) is -0.189. The van der Waals surface area contributed by atoms with Gasteiger partial charge < -0.3 is 4.74 Å². The number of nitrogens with zero attached hydrogens (tertiary/aromatic N) is 1. The summed E-state index contributed by atoms with van der Waals surface area (Å²) in [6, 6.07) is 17.2. The second-order valence-corrected chi connectivity index (χ2v) is 5.53. The van der Waals surface area contributed by atoms with E-state index < -0.39 is 5.97 Å². The van der Waals surface area contributed by atoms with Crippen molar-refractivity contribution in [2.45, 2.75) is 6.92 Å². The molecule has 0 amide bonds. The van der Waals surface area contributed by atoms with Crippen molar-refractivity contribution in [1.82, 2.24) is 0 Å². The Kier molecular flexibility index (Phi) is 4.40. The third kappa shape index (κ3) is 3.58. The lowest BCUT2D eigenvalue weighted by molar-refractivity contribution is -0.130. The van der Waals surface area contributed by atoms with Crippen LogP contribution in [0.25, 0.3) is 6.08 Å². The molecule has 114 valence electrons. The molecule has 2 aromatic carbocycles. The summed E-state index contributed by atoms with van der Waals surface area (Å²) >= 11 is 6.19. The molecule has 4 heteroatoms. The second-order valence-electron chi connectivity index (χ2n) is 5.09. The van der Waals surface area contributed by atoms with Crippen LogP contribution in [-0.2, 0) is 9.53 Å². The number of carbonyl (C=O) groups excluding carboxylic acids is 1. The normalized spacial score (nSPS) is 16.4. The first kappa shape index (κ1) is 15.3. The van der Waals surface area contributed by atoms with Crippen LogP contribution in [-0.4, -0.2) is 11.9 Å². The van der Waals surface area contributed by atoms with E-state index in [0.717, 1.165) is 16.7 Å². The van der Waals surface area contributed by atoms with Crippen LogP contribution in [0.3, 0.4) is 0 Å². The van der Waals surface area contributed by atoms with Crippen molar-refractivity contribution in [3.8, 4) is 0 Å². The average Bonchev–Trinajstić information content (AvgIpc) is 2.89. The van der Waals surface area contributed by atoms with E-state index in [1.807, 2.05) is 61.5 Å². The lowest BCUT2D eigenvalue weighted by atomic mass is 10.1. The summed E-state index contributed by atoms with van der Waals surface area (Å²) < 4.78 is 5.25. The number of carbonyl (C=O) groups is 1. The van der Waals surface area contributed by atoms with Gasteiger partial charge in [-0.2, -0.15) is 0 Å². The molecule has 0 bridgehead atoms. The molecule has 1 aliphatic heterocycles. The number of halogens is 1. The summed E-state index contributed by atoms with van der Waals surface area (Å²) in [4.78, 5) is 16.2. The first-order valence-electron chi connectivity index (χ1n) is 7.14. The van der Waals surface area contributed by atoms with Crippen molar-refractivity contribution in [2.75, 3.05) is 0 Å². The predicted octanol–water partition coefficient (Wildman–Crippen LogP) is 4.46. The molecule has 0 spiro atoms. The molecule has 1 heterocycles. The molecule has 0 fully saturated rings. The Labute approximate surface area is 139 Å². The minimum absolute atomic E-state index is 0.195. The van der Waals surface area contributed by atoms with Crippen molar-refractivity contribution < 1.29 is 9.53 Å². The molecule has 0 saturated carbocycles. The minimum atomic E-state index is -0.497. The molecule has 3 rings (SSSR count). The molecule has 0 aromatic heterocycles. The number of cyclic esters (lactones) is 1. The molecule has 0 N–H and O–H groups in total. The number of benzene rings is 2. The van der Waals surface area contributed by atoms with Crippen LogP contribution in [0.2, 0.25) is 0 Å². The van der Waals surface area contributed by atoms with Gasteiger partial charge in [0.1, 0.15) is 0 Å². The molecule has 0 radical (unpaired) electrons. The maximum absolute atomic E-state index is 12.0. The quantitative estimate of drug-likeness (QED) is 0.618. The fraction of sp³-hybridized carbons (Fsp3) is 0.0526. The van der Waals surface area contributed by atoms with Crippen molar-refractivity contribution in [3.63, 3.8) is 0 Å². The Bertz CT molecular complexity index is 835. The zero-order valence-electron chi connectivity index (χ0n) is 12.5. The van der Waals surface area contributed by atoms with E-state index in [0.29, 0.717) is 10.9 Å². The summed E-state index contributed by atoms with van der Waals surface area (Å²) in [7, 11) is 0. The number of esters is 1. The van der Waals surface area contributed by atoms with Gasteiger partial charge in [0.2, 0.25) is 5.90 Å². The van der Waals surface area contributed by atoms with Crippen molar-refractivity contribution in [1.29, 1.82) is 0 Å². The Morgan fingerprint density at radius 1 is 1.09 bits per heavy atom. The Hall–Kier alpha value is -2.65. The van der Waals surface area contributed by atoms with Gasteiger partial charge in [-0.05, 0) is 36.3 Å². The van der Waals surface area contributed by atoms with Crippen LogP contribution in [0, 0.1) is 6.92 Å². The molecular weight excluding hydrogens is 310 g/mol. The highest BCUT2D eigenvalue weighted by atomic mass is 35.5. The van der Waals surface area contributed by atoms with Crippen LogP contribution in [0.1, 0.15) is 16.7 Å². The van der Waals surface area contributed by atoms with E-state index in [4.69, 9.17) is 16.3 Å². The fourth-order valence-electron chi connectivity index (χ4n) is 2.22.